The quantitative estimate of drug-likeness (QED) is 0.301. The smallest absolute Gasteiger partial charge is 0.242 e. The maximum Gasteiger partial charge on any atom is 0.242 e. The molecule has 2 rings (SSSR count). The minimum absolute atomic E-state index is 0.0543. The summed E-state index contributed by atoms with van der Waals surface area (Å²) in [7, 11) is -3.55. The second kappa shape index (κ2) is 14.6. The second-order valence-corrected chi connectivity index (χ2v) is 11.8. The largest absolute Gasteiger partial charge is 0.354 e. The lowest BCUT2D eigenvalue weighted by Gasteiger charge is -2.31. The van der Waals surface area contributed by atoms with Crippen molar-refractivity contribution in [1.29, 1.82) is 0 Å². The molecular weight excluding hydrogens is 533 g/mol. The number of rotatable bonds is 14. The number of amides is 2. The van der Waals surface area contributed by atoms with Gasteiger partial charge in [-0.05, 0) is 50.5 Å². The third kappa shape index (κ3) is 9.20. The summed E-state index contributed by atoms with van der Waals surface area (Å²) >= 11 is 12.8. The number of hydrogen-bond donors (Lipinski definition) is 1. The van der Waals surface area contributed by atoms with Crippen LogP contribution in [0, 0.1) is 6.92 Å². The summed E-state index contributed by atoms with van der Waals surface area (Å²) in [6.07, 6.45) is 3.66. The number of hydrogen-bond acceptors (Lipinski definition) is 4. The maximum absolute atomic E-state index is 13.5. The van der Waals surface area contributed by atoms with Gasteiger partial charge in [-0.2, -0.15) is 0 Å². The zero-order valence-electron chi connectivity index (χ0n) is 22.0. The number of carbonyl (C=O) groups is 2. The molecule has 0 radical (unpaired) electrons. The van der Waals surface area contributed by atoms with Crippen LogP contribution in [0.15, 0.2) is 42.5 Å². The van der Waals surface area contributed by atoms with Crippen molar-refractivity contribution < 1.29 is 18.0 Å². The maximum atomic E-state index is 13.5. The van der Waals surface area contributed by atoms with Crippen molar-refractivity contribution in [1.82, 2.24) is 10.2 Å². The highest BCUT2D eigenvalue weighted by molar-refractivity contribution is 7.92. The summed E-state index contributed by atoms with van der Waals surface area (Å²) in [5, 5.41) is 3.74. The molecule has 2 aromatic rings. The molecule has 0 bridgehead atoms. The molecule has 0 aromatic heterocycles. The molecule has 0 unspecified atom stereocenters. The summed E-state index contributed by atoms with van der Waals surface area (Å²) in [6.45, 7) is 6.55. The lowest BCUT2D eigenvalue weighted by molar-refractivity contribution is -0.141. The normalized spacial score (nSPS) is 12.2. The predicted molar refractivity (Wildman–Crippen MR) is 152 cm³/mol. The first-order valence-electron chi connectivity index (χ1n) is 12.5. The van der Waals surface area contributed by atoms with Crippen molar-refractivity contribution in [2.45, 2.75) is 65.5 Å². The summed E-state index contributed by atoms with van der Waals surface area (Å²) < 4.78 is 26.2. The first-order chi connectivity index (χ1) is 17.5. The Balaban J connectivity index is 2.24. The van der Waals surface area contributed by atoms with Gasteiger partial charge in [0.05, 0.1) is 11.9 Å². The molecule has 2 amide bonds. The molecule has 0 aliphatic rings. The fourth-order valence-corrected chi connectivity index (χ4v) is 5.48. The predicted octanol–water partition coefficient (Wildman–Crippen LogP) is 5.57. The Morgan fingerprint density at radius 1 is 1.00 bits per heavy atom. The van der Waals surface area contributed by atoms with Gasteiger partial charge in [0.25, 0.3) is 0 Å². The zero-order chi connectivity index (χ0) is 27.6. The van der Waals surface area contributed by atoms with E-state index in [4.69, 9.17) is 23.2 Å². The molecule has 2 aromatic carbocycles. The Labute approximate surface area is 231 Å². The number of nitrogens with zero attached hydrogens (tertiary/aromatic N) is 2. The fraction of sp³-hybridized carbons (Fsp3) is 0.481. The van der Waals surface area contributed by atoms with Gasteiger partial charge in [-0.3, -0.25) is 13.9 Å². The molecule has 0 saturated heterocycles. The van der Waals surface area contributed by atoms with E-state index >= 15 is 0 Å². The van der Waals surface area contributed by atoms with Crippen LogP contribution >= 0.6 is 23.2 Å². The highest BCUT2D eigenvalue weighted by Gasteiger charge is 2.29. The van der Waals surface area contributed by atoms with E-state index < -0.39 is 16.1 Å². The minimum Gasteiger partial charge on any atom is -0.354 e. The van der Waals surface area contributed by atoms with E-state index in [1.54, 1.807) is 30.3 Å². The number of anilines is 1. The minimum atomic E-state index is -3.55. The monoisotopic (exact) mass is 569 g/mol. The van der Waals surface area contributed by atoms with E-state index in [0.29, 0.717) is 34.3 Å². The Morgan fingerprint density at radius 3 is 2.16 bits per heavy atom. The van der Waals surface area contributed by atoms with Gasteiger partial charge in [-0.1, -0.05) is 67.2 Å². The number of unbranched alkanes of at least 4 members (excludes halogenated alkanes) is 1. The average molecular weight is 571 g/mol. The molecule has 1 N–H and O–H groups in total. The lowest BCUT2D eigenvalue weighted by Crippen LogP contribution is -2.49. The molecule has 0 fully saturated rings. The topological polar surface area (TPSA) is 86.8 Å². The number of nitrogens with one attached hydrogen (secondary N) is 1. The van der Waals surface area contributed by atoms with E-state index in [1.807, 2.05) is 32.9 Å². The van der Waals surface area contributed by atoms with Crippen LogP contribution in [0.1, 0.15) is 57.1 Å². The van der Waals surface area contributed by atoms with E-state index in [1.165, 1.54) is 9.21 Å². The van der Waals surface area contributed by atoms with Crippen LogP contribution in [0.25, 0.3) is 0 Å². The highest BCUT2D eigenvalue weighted by atomic mass is 35.5. The molecule has 0 heterocycles. The number of aryl methyl sites for hydroxylation is 1. The van der Waals surface area contributed by atoms with E-state index in [9.17, 15) is 18.0 Å². The molecule has 0 spiro atoms. The molecule has 0 aliphatic heterocycles. The van der Waals surface area contributed by atoms with E-state index in [2.05, 4.69) is 5.32 Å². The van der Waals surface area contributed by atoms with Crippen LogP contribution in [0.3, 0.4) is 0 Å². The van der Waals surface area contributed by atoms with Crippen LogP contribution in [-0.2, 0) is 26.2 Å². The van der Waals surface area contributed by atoms with Crippen LogP contribution in [0.5, 0.6) is 0 Å². The summed E-state index contributed by atoms with van der Waals surface area (Å²) in [6, 6.07) is 11.6. The summed E-state index contributed by atoms with van der Waals surface area (Å²) in [5.41, 5.74) is 2.13. The summed E-state index contributed by atoms with van der Waals surface area (Å²) in [4.78, 5) is 28.0. The number of carbonyl (C=O) groups excluding carboxylic acids is 2. The van der Waals surface area contributed by atoms with Gasteiger partial charge in [0.15, 0.2) is 0 Å². The van der Waals surface area contributed by atoms with Crippen molar-refractivity contribution >= 4 is 50.7 Å². The van der Waals surface area contributed by atoms with Crippen molar-refractivity contribution in [3.05, 3.63) is 63.6 Å². The molecule has 204 valence electrons. The van der Waals surface area contributed by atoms with Gasteiger partial charge in [0.1, 0.15) is 6.04 Å². The van der Waals surface area contributed by atoms with E-state index in [0.717, 1.165) is 24.7 Å². The van der Waals surface area contributed by atoms with E-state index in [-0.39, 0.29) is 37.7 Å². The molecule has 0 aliphatic carbocycles. The molecule has 7 nitrogen and oxygen atoms in total. The molecular formula is C27H37Cl2N3O4S. The van der Waals surface area contributed by atoms with Gasteiger partial charge in [-0.15, -0.1) is 0 Å². The Bertz CT molecular complexity index is 1140. The molecule has 0 saturated carbocycles. The van der Waals surface area contributed by atoms with Crippen molar-refractivity contribution in [2.24, 2.45) is 0 Å². The Hall–Kier alpha value is -2.29. The Kier molecular flexibility index (Phi) is 12.2. The van der Waals surface area contributed by atoms with Gasteiger partial charge < -0.3 is 10.2 Å². The third-order valence-electron chi connectivity index (χ3n) is 6.08. The average Bonchev–Trinajstić information content (AvgIpc) is 2.83. The van der Waals surface area contributed by atoms with Crippen LogP contribution < -0.4 is 9.62 Å². The number of sulfonamides is 1. The van der Waals surface area contributed by atoms with Crippen LogP contribution in [-0.4, -0.2) is 50.5 Å². The standard InChI is InChI=1S/C27H37Cl2N3O4S/c1-5-7-17-30-27(34)25(6-2)31(19-22-23(28)10-8-11-24(22)29)26(33)12-9-18-32(37(4,35)36)21-15-13-20(3)14-16-21/h8,10-11,13-16,25H,5-7,9,12,17-19H2,1-4H3,(H,30,34)/t25-/m1/s1. The van der Waals surface area contributed by atoms with Crippen molar-refractivity contribution in [3.8, 4) is 0 Å². The van der Waals surface area contributed by atoms with Crippen LogP contribution in [0.2, 0.25) is 10.0 Å². The lowest BCUT2D eigenvalue weighted by atomic mass is 10.1. The number of halogens is 2. The first-order valence-corrected chi connectivity index (χ1v) is 15.1. The van der Waals surface area contributed by atoms with Gasteiger partial charge >= 0.3 is 0 Å². The van der Waals surface area contributed by atoms with Gasteiger partial charge in [0.2, 0.25) is 21.8 Å². The first kappa shape index (κ1) is 30.9. The molecule has 10 heteroatoms. The third-order valence-corrected chi connectivity index (χ3v) is 7.98. The second-order valence-electron chi connectivity index (χ2n) is 9.06. The van der Waals surface area contributed by atoms with Gasteiger partial charge in [-0.25, -0.2) is 8.42 Å². The fourth-order valence-electron chi connectivity index (χ4n) is 3.99. The van der Waals surface area contributed by atoms with Crippen LogP contribution in [0.4, 0.5) is 5.69 Å². The zero-order valence-corrected chi connectivity index (χ0v) is 24.3. The van der Waals surface area contributed by atoms with Crippen molar-refractivity contribution in [2.75, 3.05) is 23.7 Å². The Morgan fingerprint density at radius 2 is 1.62 bits per heavy atom. The highest BCUT2D eigenvalue weighted by Crippen LogP contribution is 2.27. The molecule has 37 heavy (non-hydrogen) atoms. The number of benzene rings is 2. The van der Waals surface area contributed by atoms with Gasteiger partial charge in [0, 0.05) is 41.7 Å². The SMILES string of the molecule is CCCCNC(=O)[C@@H](CC)N(Cc1c(Cl)cccc1Cl)C(=O)CCCN(c1ccc(C)cc1)S(C)(=O)=O. The van der Waals surface area contributed by atoms with Crippen molar-refractivity contribution in [3.63, 3.8) is 0 Å². The summed E-state index contributed by atoms with van der Waals surface area (Å²) in [5.74, 6) is -0.504. The molecule has 1 atom stereocenters.